The van der Waals surface area contributed by atoms with E-state index in [2.05, 4.69) is 10.0 Å². The highest BCUT2D eigenvalue weighted by Crippen LogP contribution is 2.21. The van der Waals surface area contributed by atoms with Gasteiger partial charge in [-0.2, -0.15) is 0 Å². The molecule has 2 rings (SSSR count). The SMILES string of the molecule is CCOCc1ccccc1CNC(=O)c1cc(S(=O)(=O)NC)ccc1Cl. The molecule has 2 aromatic carbocycles. The van der Waals surface area contributed by atoms with Crippen LogP contribution in [0.25, 0.3) is 0 Å². The largest absolute Gasteiger partial charge is 0.377 e. The Kier molecular flexibility index (Phi) is 7.16. The molecule has 0 aliphatic rings. The van der Waals surface area contributed by atoms with E-state index in [1.807, 2.05) is 31.2 Å². The standard InChI is InChI=1S/C18H21ClN2O4S/c1-3-25-12-14-7-5-4-6-13(14)11-21-18(22)16-10-15(8-9-17(16)19)26(23,24)20-2/h4-10,20H,3,11-12H2,1-2H3,(H,21,22). The van der Waals surface area contributed by atoms with Gasteiger partial charge in [-0.25, -0.2) is 13.1 Å². The monoisotopic (exact) mass is 396 g/mol. The van der Waals surface area contributed by atoms with Gasteiger partial charge in [-0.1, -0.05) is 35.9 Å². The average molecular weight is 397 g/mol. The van der Waals surface area contributed by atoms with Crippen LogP contribution in [0.2, 0.25) is 5.02 Å². The summed E-state index contributed by atoms with van der Waals surface area (Å²) in [6.45, 7) is 3.25. The van der Waals surface area contributed by atoms with Gasteiger partial charge in [0.2, 0.25) is 10.0 Å². The molecule has 1 amide bonds. The summed E-state index contributed by atoms with van der Waals surface area (Å²) < 4.78 is 31.5. The summed E-state index contributed by atoms with van der Waals surface area (Å²) in [5.74, 6) is -0.450. The van der Waals surface area contributed by atoms with Gasteiger partial charge in [0, 0.05) is 13.2 Å². The number of amides is 1. The zero-order chi connectivity index (χ0) is 19.2. The first-order valence-corrected chi connectivity index (χ1v) is 9.91. The lowest BCUT2D eigenvalue weighted by Gasteiger charge is -2.12. The quantitative estimate of drug-likeness (QED) is 0.718. The van der Waals surface area contributed by atoms with Crippen LogP contribution in [0.4, 0.5) is 0 Å². The van der Waals surface area contributed by atoms with Crippen LogP contribution in [0.15, 0.2) is 47.4 Å². The molecule has 0 radical (unpaired) electrons. The lowest BCUT2D eigenvalue weighted by Crippen LogP contribution is -2.25. The Morgan fingerprint density at radius 3 is 2.50 bits per heavy atom. The molecule has 0 bridgehead atoms. The first-order chi connectivity index (χ1) is 12.4. The Morgan fingerprint density at radius 2 is 1.85 bits per heavy atom. The molecule has 0 heterocycles. The number of halogens is 1. The molecule has 0 spiro atoms. The van der Waals surface area contributed by atoms with Gasteiger partial charge in [-0.05, 0) is 43.3 Å². The maximum absolute atomic E-state index is 12.5. The molecule has 0 aliphatic carbocycles. The number of sulfonamides is 1. The number of hydrogen-bond donors (Lipinski definition) is 2. The Morgan fingerprint density at radius 1 is 1.15 bits per heavy atom. The van der Waals surface area contributed by atoms with Crippen molar-refractivity contribution in [2.75, 3.05) is 13.7 Å². The topological polar surface area (TPSA) is 84.5 Å². The Labute approximate surface area is 158 Å². The number of ether oxygens (including phenoxy) is 1. The van der Waals surface area contributed by atoms with Crippen molar-refractivity contribution >= 4 is 27.5 Å². The number of nitrogens with one attached hydrogen (secondary N) is 2. The lowest BCUT2D eigenvalue weighted by molar-refractivity contribution is 0.0949. The molecule has 0 saturated heterocycles. The molecule has 0 fully saturated rings. The highest BCUT2D eigenvalue weighted by molar-refractivity contribution is 7.89. The number of hydrogen-bond acceptors (Lipinski definition) is 4. The normalized spacial score (nSPS) is 11.3. The molecule has 2 N–H and O–H groups in total. The van der Waals surface area contributed by atoms with Gasteiger partial charge in [0.15, 0.2) is 0 Å². The van der Waals surface area contributed by atoms with E-state index >= 15 is 0 Å². The number of carbonyl (C=O) groups is 1. The molecule has 0 atom stereocenters. The van der Waals surface area contributed by atoms with Gasteiger partial charge in [-0.3, -0.25) is 4.79 Å². The maximum Gasteiger partial charge on any atom is 0.253 e. The first-order valence-electron chi connectivity index (χ1n) is 8.05. The van der Waals surface area contributed by atoms with Crippen molar-refractivity contribution in [3.63, 3.8) is 0 Å². The van der Waals surface area contributed by atoms with Gasteiger partial charge < -0.3 is 10.1 Å². The zero-order valence-corrected chi connectivity index (χ0v) is 16.2. The van der Waals surface area contributed by atoms with Crippen LogP contribution in [0.5, 0.6) is 0 Å². The predicted molar refractivity (Wildman–Crippen MR) is 101 cm³/mol. The molecule has 0 aromatic heterocycles. The number of benzene rings is 2. The summed E-state index contributed by atoms with van der Waals surface area (Å²) in [6, 6.07) is 11.6. The molecule has 26 heavy (non-hydrogen) atoms. The minimum atomic E-state index is -3.66. The van der Waals surface area contributed by atoms with E-state index in [-0.39, 0.29) is 22.0 Å². The van der Waals surface area contributed by atoms with E-state index in [9.17, 15) is 13.2 Å². The first kappa shape index (κ1) is 20.4. The van der Waals surface area contributed by atoms with E-state index < -0.39 is 15.9 Å². The highest BCUT2D eigenvalue weighted by atomic mass is 35.5. The summed E-state index contributed by atoms with van der Waals surface area (Å²) in [5.41, 5.74) is 2.00. The summed E-state index contributed by atoms with van der Waals surface area (Å²) in [7, 11) is -2.36. The van der Waals surface area contributed by atoms with Crippen molar-refractivity contribution < 1.29 is 17.9 Å². The van der Waals surface area contributed by atoms with Crippen LogP contribution in [0.3, 0.4) is 0 Å². The number of carbonyl (C=O) groups excluding carboxylic acids is 1. The van der Waals surface area contributed by atoms with Gasteiger partial charge in [0.05, 0.1) is 22.1 Å². The third-order valence-corrected chi connectivity index (χ3v) is 5.52. The smallest absolute Gasteiger partial charge is 0.253 e. The average Bonchev–Trinajstić information content (AvgIpc) is 2.65. The van der Waals surface area contributed by atoms with E-state index in [0.717, 1.165) is 11.1 Å². The van der Waals surface area contributed by atoms with Gasteiger partial charge in [-0.15, -0.1) is 0 Å². The summed E-state index contributed by atoms with van der Waals surface area (Å²) in [5, 5.41) is 2.96. The van der Waals surface area contributed by atoms with Crippen molar-refractivity contribution in [3.8, 4) is 0 Å². The number of rotatable bonds is 8. The molecule has 0 unspecified atom stereocenters. The summed E-state index contributed by atoms with van der Waals surface area (Å²) in [6.07, 6.45) is 0. The van der Waals surface area contributed by atoms with E-state index in [1.54, 1.807) is 0 Å². The van der Waals surface area contributed by atoms with Crippen LogP contribution in [0, 0.1) is 0 Å². The molecule has 2 aromatic rings. The molecular weight excluding hydrogens is 376 g/mol. The molecule has 6 nitrogen and oxygen atoms in total. The van der Waals surface area contributed by atoms with Crippen molar-refractivity contribution in [2.24, 2.45) is 0 Å². The van der Waals surface area contributed by atoms with E-state index in [0.29, 0.717) is 13.2 Å². The minimum absolute atomic E-state index is 0.0219. The third kappa shape index (κ3) is 5.04. The summed E-state index contributed by atoms with van der Waals surface area (Å²) >= 11 is 6.07. The molecule has 0 aliphatic heterocycles. The van der Waals surface area contributed by atoms with Crippen LogP contribution < -0.4 is 10.0 Å². The fraction of sp³-hybridized carbons (Fsp3) is 0.278. The Hall–Kier alpha value is -1.93. The van der Waals surface area contributed by atoms with Gasteiger partial charge in [0.1, 0.15) is 0 Å². The second kappa shape index (κ2) is 9.14. The molecule has 0 saturated carbocycles. The van der Waals surface area contributed by atoms with Gasteiger partial charge >= 0.3 is 0 Å². The lowest BCUT2D eigenvalue weighted by atomic mass is 10.1. The van der Waals surface area contributed by atoms with Crippen molar-refractivity contribution in [3.05, 3.63) is 64.2 Å². The van der Waals surface area contributed by atoms with Gasteiger partial charge in [0.25, 0.3) is 5.91 Å². The summed E-state index contributed by atoms with van der Waals surface area (Å²) in [4.78, 5) is 12.5. The zero-order valence-electron chi connectivity index (χ0n) is 14.6. The predicted octanol–water partition coefficient (Wildman–Crippen LogP) is 2.71. The highest BCUT2D eigenvalue weighted by Gasteiger charge is 2.17. The van der Waals surface area contributed by atoms with Crippen molar-refractivity contribution in [1.82, 2.24) is 10.0 Å². The van der Waals surface area contributed by atoms with Crippen molar-refractivity contribution in [1.29, 1.82) is 0 Å². The molecule has 140 valence electrons. The van der Waals surface area contributed by atoms with Crippen LogP contribution >= 0.6 is 11.6 Å². The van der Waals surface area contributed by atoms with E-state index in [4.69, 9.17) is 16.3 Å². The molecular formula is C18H21ClN2O4S. The maximum atomic E-state index is 12.5. The third-order valence-electron chi connectivity index (χ3n) is 3.78. The van der Waals surface area contributed by atoms with Crippen molar-refractivity contribution in [2.45, 2.75) is 25.0 Å². The second-order valence-corrected chi connectivity index (χ2v) is 7.73. The second-order valence-electron chi connectivity index (χ2n) is 5.44. The van der Waals surface area contributed by atoms with Crippen LogP contribution in [-0.4, -0.2) is 28.0 Å². The fourth-order valence-corrected chi connectivity index (χ4v) is 3.28. The Bertz CT molecular complexity index is 885. The van der Waals surface area contributed by atoms with Crippen LogP contribution in [0.1, 0.15) is 28.4 Å². The fourth-order valence-electron chi connectivity index (χ4n) is 2.32. The molecule has 8 heteroatoms. The Balaban J connectivity index is 2.18. The minimum Gasteiger partial charge on any atom is -0.377 e. The van der Waals surface area contributed by atoms with E-state index in [1.165, 1.54) is 25.2 Å². The van der Waals surface area contributed by atoms with Crippen LogP contribution in [-0.2, 0) is 27.9 Å².